The SMILES string of the molecule is CC(C)CCCCCCOCCOCCC(C)C. The van der Waals surface area contributed by atoms with E-state index < -0.39 is 0 Å². The second-order valence-electron chi connectivity index (χ2n) is 6.00. The molecular formula is C16H34O2. The number of hydrogen-bond donors (Lipinski definition) is 0. The van der Waals surface area contributed by atoms with Gasteiger partial charge in [-0.2, -0.15) is 0 Å². The van der Waals surface area contributed by atoms with E-state index in [0.29, 0.717) is 0 Å². The van der Waals surface area contributed by atoms with Crippen LogP contribution in [0.15, 0.2) is 0 Å². The van der Waals surface area contributed by atoms with Crippen molar-refractivity contribution in [3.05, 3.63) is 0 Å². The molecule has 0 aromatic carbocycles. The standard InChI is InChI=1S/C16H34O2/c1-15(2)9-7-5-6-8-11-17-13-14-18-12-10-16(3)4/h15-16H,5-14H2,1-4H3. The third-order valence-corrected chi connectivity index (χ3v) is 3.03. The van der Waals surface area contributed by atoms with Crippen LogP contribution in [0, 0.1) is 11.8 Å². The van der Waals surface area contributed by atoms with Gasteiger partial charge in [-0.15, -0.1) is 0 Å². The van der Waals surface area contributed by atoms with Crippen molar-refractivity contribution in [3.63, 3.8) is 0 Å². The Bertz CT molecular complexity index is 137. The molecule has 0 fully saturated rings. The smallest absolute Gasteiger partial charge is 0.0700 e. The molecule has 0 aliphatic heterocycles. The highest BCUT2D eigenvalue weighted by molar-refractivity contribution is 4.48. The van der Waals surface area contributed by atoms with Gasteiger partial charge in [0.25, 0.3) is 0 Å². The highest BCUT2D eigenvalue weighted by atomic mass is 16.5. The molecule has 0 aromatic rings. The summed E-state index contributed by atoms with van der Waals surface area (Å²) >= 11 is 0. The van der Waals surface area contributed by atoms with Gasteiger partial charge in [0.2, 0.25) is 0 Å². The Hall–Kier alpha value is -0.0800. The van der Waals surface area contributed by atoms with E-state index in [2.05, 4.69) is 27.7 Å². The molecule has 110 valence electrons. The third kappa shape index (κ3) is 15.9. The van der Waals surface area contributed by atoms with E-state index in [9.17, 15) is 0 Å². The number of rotatable bonds is 13. The van der Waals surface area contributed by atoms with E-state index >= 15 is 0 Å². The lowest BCUT2D eigenvalue weighted by molar-refractivity contribution is 0.0426. The Morgan fingerprint density at radius 3 is 1.72 bits per heavy atom. The molecule has 0 radical (unpaired) electrons. The van der Waals surface area contributed by atoms with Gasteiger partial charge in [-0.3, -0.25) is 0 Å². The lowest BCUT2D eigenvalue weighted by Gasteiger charge is -2.07. The zero-order valence-electron chi connectivity index (χ0n) is 13.0. The molecule has 0 amide bonds. The molecule has 0 rings (SSSR count). The average Bonchev–Trinajstić information content (AvgIpc) is 2.29. The van der Waals surface area contributed by atoms with Crippen LogP contribution in [0.25, 0.3) is 0 Å². The lowest BCUT2D eigenvalue weighted by Crippen LogP contribution is -2.07. The van der Waals surface area contributed by atoms with E-state index in [4.69, 9.17) is 9.47 Å². The maximum Gasteiger partial charge on any atom is 0.0700 e. The number of ether oxygens (including phenoxy) is 2. The van der Waals surface area contributed by atoms with Crippen molar-refractivity contribution in [3.8, 4) is 0 Å². The molecule has 2 heteroatoms. The zero-order valence-corrected chi connectivity index (χ0v) is 13.0. The fraction of sp³-hybridized carbons (Fsp3) is 1.00. The molecule has 0 unspecified atom stereocenters. The average molecular weight is 258 g/mol. The van der Waals surface area contributed by atoms with Crippen LogP contribution in [-0.2, 0) is 9.47 Å². The molecule has 18 heavy (non-hydrogen) atoms. The first-order valence-electron chi connectivity index (χ1n) is 7.78. The Labute approximate surface area is 114 Å². The predicted molar refractivity (Wildman–Crippen MR) is 79.0 cm³/mol. The summed E-state index contributed by atoms with van der Waals surface area (Å²) in [5.74, 6) is 1.58. The van der Waals surface area contributed by atoms with Crippen LogP contribution in [-0.4, -0.2) is 26.4 Å². The van der Waals surface area contributed by atoms with Gasteiger partial charge in [0, 0.05) is 13.2 Å². The highest BCUT2D eigenvalue weighted by Crippen LogP contribution is 2.09. The summed E-state index contributed by atoms with van der Waals surface area (Å²) in [5.41, 5.74) is 0. The Morgan fingerprint density at radius 2 is 1.11 bits per heavy atom. The monoisotopic (exact) mass is 258 g/mol. The second kappa shape index (κ2) is 13.4. The molecule has 0 aliphatic carbocycles. The Morgan fingerprint density at radius 1 is 0.556 bits per heavy atom. The third-order valence-electron chi connectivity index (χ3n) is 3.03. The van der Waals surface area contributed by atoms with E-state index in [0.717, 1.165) is 44.7 Å². The van der Waals surface area contributed by atoms with Gasteiger partial charge in [0.15, 0.2) is 0 Å². The molecule has 0 spiro atoms. The van der Waals surface area contributed by atoms with Crippen molar-refractivity contribution in [2.45, 2.75) is 66.2 Å². The fourth-order valence-corrected chi connectivity index (χ4v) is 1.75. The number of unbranched alkanes of at least 4 members (excludes halogenated alkanes) is 3. The second-order valence-corrected chi connectivity index (χ2v) is 6.00. The molecule has 0 saturated heterocycles. The molecule has 0 aliphatic rings. The minimum Gasteiger partial charge on any atom is -0.379 e. The van der Waals surface area contributed by atoms with Crippen LogP contribution >= 0.6 is 0 Å². The summed E-state index contributed by atoms with van der Waals surface area (Å²) in [4.78, 5) is 0. The predicted octanol–water partition coefficient (Wildman–Crippen LogP) is 4.67. The number of hydrogen-bond acceptors (Lipinski definition) is 2. The molecule has 2 nitrogen and oxygen atoms in total. The van der Waals surface area contributed by atoms with Crippen LogP contribution in [0.2, 0.25) is 0 Å². The van der Waals surface area contributed by atoms with Crippen LogP contribution in [0.1, 0.15) is 66.2 Å². The van der Waals surface area contributed by atoms with Crippen molar-refractivity contribution < 1.29 is 9.47 Å². The van der Waals surface area contributed by atoms with Crippen molar-refractivity contribution >= 4 is 0 Å². The quantitative estimate of drug-likeness (QED) is 0.447. The lowest BCUT2D eigenvalue weighted by atomic mass is 10.0. The molecule has 0 saturated carbocycles. The van der Waals surface area contributed by atoms with Gasteiger partial charge in [0.1, 0.15) is 0 Å². The first-order valence-corrected chi connectivity index (χ1v) is 7.78. The maximum atomic E-state index is 5.54. The normalized spacial score (nSPS) is 11.7. The summed E-state index contributed by atoms with van der Waals surface area (Å²) < 4.78 is 11.0. The Kier molecular flexibility index (Phi) is 13.3. The van der Waals surface area contributed by atoms with E-state index in [-0.39, 0.29) is 0 Å². The van der Waals surface area contributed by atoms with E-state index in [1.54, 1.807) is 0 Å². The molecular weight excluding hydrogens is 224 g/mol. The van der Waals surface area contributed by atoms with Gasteiger partial charge in [0.05, 0.1) is 13.2 Å². The van der Waals surface area contributed by atoms with Gasteiger partial charge in [-0.05, 0) is 24.7 Å². The summed E-state index contributed by atoms with van der Waals surface area (Å²) in [5, 5.41) is 0. The van der Waals surface area contributed by atoms with Crippen LogP contribution < -0.4 is 0 Å². The maximum absolute atomic E-state index is 5.54. The van der Waals surface area contributed by atoms with Crippen molar-refractivity contribution in [2.75, 3.05) is 26.4 Å². The van der Waals surface area contributed by atoms with Gasteiger partial charge in [-0.1, -0.05) is 53.4 Å². The highest BCUT2D eigenvalue weighted by Gasteiger charge is 1.96. The van der Waals surface area contributed by atoms with E-state index in [1.165, 1.54) is 32.1 Å². The van der Waals surface area contributed by atoms with Crippen LogP contribution in [0.3, 0.4) is 0 Å². The summed E-state index contributed by atoms with van der Waals surface area (Å²) in [6.45, 7) is 12.3. The topological polar surface area (TPSA) is 18.5 Å². The van der Waals surface area contributed by atoms with Crippen molar-refractivity contribution in [1.29, 1.82) is 0 Å². The largest absolute Gasteiger partial charge is 0.379 e. The minimum absolute atomic E-state index is 0.733. The van der Waals surface area contributed by atoms with Crippen LogP contribution in [0.4, 0.5) is 0 Å². The molecule has 0 aromatic heterocycles. The fourth-order valence-electron chi connectivity index (χ4n) is 1.75. The van der Waals surface area contributed by atoms with Gasteiger partial charge < -0.3 is 9.47 Å². The first kappa shape index (κ1) is 17.9. The molecule has 0 heterocycles. The summed E-state index contributed by atoms with van der Waals surface area (Å²) in [6.07, 6.45) is 7.74. The van der Waals surface area contributed by atoms with Crippen LogP contribution in [0.5, 0.6) is 0 Å². The van der Waals surface area contributed by atoms with Gasteiger partial charge >= 0.3 is 0 Å². The van der Waals surface area contributed by atoms with Crippen molar-refractivity contribution in [1.82, 2.24) is 0 Å². The molecule has 0 N–H and O–H groups in total. The first-order chi connectivity index (χ1) is 8.63. The summed E-state index contributed by atoms with van der Waals surface area (Å²) in [7, 11) is 0. The van der Waals surface area contributed by atoms with Crippen molar-refractivity contribution in [2.24, 2.45) is 11.8 Å². The Balaban J connectivity index is 2.95. The molecule has 0 bridgehead atoms. The van der Waals surface area contributed by atoms with E-state index in [1.807, 2.05) is 0 Å². The minimum atomic E-state index is 0.733. The molecule has 0 atom stereocenters. The summed E-state index contributed by atoms with van der Waals surface area (Å²) in [6, 6.07) is 0. The zero-order chi connectivity index (χ0) is 13.6. The van der Waals surface area contributed by atoms with Gasteiger partial charge in [-0.25, -0.2) is 0 Å².